The van der Waals surface area contributed by atoms with Crippen molar-refractivity contribution in [1.29, 1.82) is 0 Å². The van der Waals surface area contributed by atoms with Crippen molar-refractivity contribution in [3.05, 3.63) is 63.4 Å². The van der Waals surface area contributed by atoms with Crippen LogP contribution in [0.5, 0.6) is 5.75 Å². The molecule has 0 spiro atoms. The Morgan fingerprint density at radius 3 is 2.48 bits per heavy atom. The maximum absolute atomic E-state index is 14.0. The highest BCUT2D eigenvalue weighted by molar-refractivity contribution is 6.42. The zero-order valence-corrected chi connectivity index (χ0v) is 16.3. The largest absolute Gasteiger partial charge is 0.496 e. The van der Waals surface area contributed by atoms with Crippen molar-refractivity contribution in [3.63, 3.8) is 0 Å². The summed E-state index contributed by atoms with van der Waals surface area (Å²) in [6.45, 7) is 1.14. The van der Waals surface area contributed by atoms with E-state index in [1.165, 1.54) is 12.1 Å². The van der Waals surface area contributed by atoms with Crippen molar-refractivity contribution in [2.45, 2.75) is 18.9 Å². The summed E-state index contributed by atoms with van der Waals surface area (Å²) in [6.07, 6.45) is 1.07. The number of halogens is 3. The number of nitrogens with zero attached hydrogens (tertiary/aromatic N) is 1. The van der Waals surface area contributed by atoms with Crippen molar-refractivity contribution < 1.29 is 19.0 Å². The highest BCUT2D eigenvalue weighted by atomic mass is 35.5. The predicted octanol–water partition coefficient (Wildman–Crippen LogP) is 5.03. The number of benzene rings is 2. The molecule has 1 unspecified atom stereocenters. The Morgan fingerprint density at radius 1 is 1.19 bits per heavy atom. The fourth-order valence-corrected chi connectivity index (χ4v) is 3.90. The summed E-state index contributed by atoms with van der Waals surface area (Å²) in [5.41, 5.74) is 1.52. The average Bonchev–Trinajstić information content (AvgIpc) is 2.65. The molecule has 2 aromatic rings. The molecular formula is C20H20Cl2FNO3. The molecular weight excluding hydrogens is 392 g/mol. The summed E-state index contributed by atoms with van der Waals surface area (Å²) in [4.78, 5) is 13.4. The first kappa shape index (κ1) is 19.9. The van der Waals surface area contributed by atoms with Gasteiger partial charge in [0.2, 0.25) is 0 Å². The van der Waals surface area contributed by atoms with Crippen molar-refractivity contribution in [2.75, 3.05) is 20.2 Å². The third kappa shape index (κ3) is 4.37. The quantitative estimate of drug-likeness (QED) is 0.749. The number of likely N-dealkylation sites (tertiary alicyclic amines) is 1. The number of methoxy groups -OCH3 is 1. The number of ether oxygens (including phenoxy) is 1. The number of aliphatic carboxylic acids is 1. The van der Waals surface area contributed by atoms with Gasteiger partial charge in [0.1, 0.15) is 11.6 Å². The van der Waals surface area contributed by atoms with Gasteiger partial charge in [-0.15, -0.1) is 0 Å². The topological polar surface area (TPSA) is 49.8 Å². The molecule has 3 rings (SSSR count). The third-order valence-electron chi connectivity index (χ3n) is 4.99. The molecule has 1 aliphatic heterocycles. The Labute approximate surface area is 167 Å². The summed E-state index contributed by atoms with van der Waals surface area (Å²) in [5.74, 6) is -0.932. The van der Waals surface area contributed by atoms with Gasteiger partial charge >= 0.3 is 5.97 Å². The molecule has 0 aliphatic carbocycles. The van der Waals surface area contributed by atoms with Crippen LogP contribution in [-0.4, -0.2) is 36.2 Å². The van der Waals surface area contributed by atoms with Gasteiger partial charge in [-0.3, -0.25) is 9.69 Å². The number of carboxylic acid groups (broad SMARTS) is 1. The average molecular weight is 412 g/mol. The number of piperidine rings is 1. The van der Waals surface area contributed by atoms with E-state index in [0.717, 1.165) is 5.56 Å². The molecule has 2 aromatic carbocycles. The van der Waals surface area contributed by atoms with Crippen LogP contribution in [0.4, 0.5) is 4.39 Å². The SMILES string of the molecule is COc1ccc(F)cc1C(c1ccc(Cl)c(Cl)c1)N1CCC(C(=O)O)CC1. The molecule has 0 radical (unpaired) electrons. The Hall–Kier alpha value is -1.82. The van der Waals surface area contributed by atoms with Gasteiger partial charge in [0.05, 0.1) is 29.1 Å². The van der Waals surface area contributed by atoms with Crippen LogP contribution in [0.2, 0.25) is 10.0 Å². The van der Waals surface area contributed by atoms with Crippen molar-refractivity contribution in [2.24, 2.45) is 5.92 Å². The highest BCUT2D eigenvalue weighted by Gasteiger charge is 2.32. The lowest BCUT2D eigenvalue weighted by Gasteiger charge is -2.37. The molecule has 1 fully saturated rings. The monoisotopic (exact) mass is 411 g/mol. The van der Waals surface area contributed by atoms with E-state index >= 15 is 0 Å². The molecule has 4 nitrogen and oxygen atoms in total. The van der Waals surface area contributed by atoms with Gasteiger partial charge in [-0.05, 0) is 61.8 Å². The molecule has 144 valence electrons. The summed E-state index contributed by atoms with van der Waals surface area (Å²) in [6, 6.07) is 9.41. The molecule has 1 N–H and O–H groups in total. The van der Waals surface area contributed by atoms with E-state index in [1.807, 2.05) is 6.07 Å². The first-order valence-electron chi connectivity index (χ1n) is 8.66. The van der Waals surface area contributed by atoms with Crippen molar-refractivity contribution >= 4 is 29.2 Å². The second kappa shape index (κ2) is 8.46. The van der Waals surface area contributed by atoms with Crippen LogP contribution in [0.25, 0.3) is 0 Å². The van der Waals surface area contributed by atoms with Gasteiger partial charge in [0.15, 0.2) is 0 Å². The second-order valence-corrected chi connectivity index (χ2v) is 7.43. The zero-order valence-electron chi connectivity index (χ0n) is 14.8. The third-order valence-corrected chi connectivity index (χ3v) is 5.73. The normalized spacial score (nSPS) is 16.9. The van der Waals surface area contributed by atoms with E-state index in [9.17, 15) is 14.3 Å². The summed E-state index contributed by atoms with van der Waals surface area (Å²) >= 11 is 12.3. The van der Waals surface area contributed by atoms with Gasteiger partial charge in [0, 0.05) is 5.56 Å². The fraction of sp³-hybridized carbons (Fsp3) is 0.350. The van der Waals surface area contributed by atoms with E-state index in [0.29, 0.717) is 47.3 Å². The highest BCUT2D eigenvalue weighted by Crippen LogP contribution is 2.39. The van der Waals surface area contributed by atoms with Crippen molar-refractivity contribution in [1.82, 2.24) is 4.90 Å². The molecule has 1 heterocycles. The predicted molar refractivity (Wildman–Crippen MR) is 103 cm³/mol. The summed E-state index contributed by atoms with van der Waals surface area (Å²) in [7, 11) is 1.54. The molecule has 7 heteroatoms. The minimum Gasteiger partial charge on any atom is -0.496 e. The van der Waals surface area contributed by atoms with Crippen LogP contribution in [0, 0.1) is 11.7 Å². The number of carbonyl (C=O) groups is 1. The van der Waals surface area contributed by atoms with E-state index < -0.39 is 5.97 Å². The first-order chi connectivity index (χ1) is 12.9. The summed E-state index contributed by atoms with van der Waals surface area (Å²) in [5, 5.41) is 10.1. The first-order valence-corrected chi connectivity index (χ1v) is 9.41. The molecule has 1 saturated heterocycles. The van der Waals surface area contributed by atoms with Gasteiger partial charge in [-0.25, -0.2) is 4.39 Å². The van der Waals surface area contributed by atoms with Crippen LogP contribution < -0.4 is 4.74 Å². The second-order valence-electron chi connectivity index (χ2n) is 6.61. The maximum atomic E-state index is 14.0. The molecule has 27 heavy (non-hydrogen) atoms. The fourth-order valence-electron chi connectivity index (χ4n) is 3.59. The molecule has 0 aromatic heterocycles. The van der Waals surface area contributed by atoms with Crippen LogP contribution in [0.15, 0.2) is 36.4 Å². The van der Waals surface area contributed by atoms with Gasteiger partial charge in [-0.2, -0.15) is 0 Å². The van der Waals surface area contributed by atoms with E-state index in [1.54, 1.807) is 25.3 Å². The lowest BCUT2D eigenvalue weighted by atomic mass is 9.91. The molecule has 0 saturated carbocycles. The van der Waals surface area contributed by atoms with Crippen LogP contribution >= 0.6 is 23.2 Å². The van der Waals surface area contributed by atoms with Crippen LogP contribution in [0.3, 0.4) is 0 Å². The van der Waals surface area contributed by atoms with Gasteiger partial charge in [0.25, 0.3) is 0 Å². The van der Waals surface area contributed by atoms with E-state index in [-0.39, 0.29) is 17.8 Å². The molecule has 0 amide bonds. The Bertz CT molecular complexity index is 838. The van der Waals surface area contributed by atoms with E-state index in [4.69, 9.17) is 27.9 Å². The van der Waals surface area contributed by atoms with Crippen LogP contribution in [0.1, 0.15) is 30.0 Å². The van der Waals surface area contributed by atoms with Gasteiger partial charge < -0.3 is 9.84 Å². The van der Waals surface area contributed by atoms with Crippen molar-refractivity contribution in [3.8, 4) is 5.75 Å². The van der Waals surface area contributed by atoms with Crippen LogP contribution in [-0.2, 0) is 4.79 Å². The lowest BCUT2D eigenvalue weighted by Crippen LogP contribution is -2.39. The molecule has 1 aliphatic rings. The minimum atomic E-state index is -0.774. The lowest BCUT2D eigenvalue weighted by molar-refractivity contribution is -0.143. The Kier molecular flexibility index (Phi) is 6.25. The smallest absolute Gasteiger partial charge is 0.306 e. The zero-order chi connectivity index (χ0) is 19.6. The number of hydrogen-bond acceptors (Lipinski definition) is 3. The minimum absolute atomic E-state index is 0.319. The number of hydrogen-bond donors (Lipinski definition) is 1. The molecule has 1 atom stereocenters. The standard InChI is InChI=1S/C20H20Cl2FNO3/c1-27-18-5-3-14(23)11-15(18)19(13-2-4-16(21)17(22)10-13)24-8-6-12(7-9-24)20(25)26/h2-5,10-12,19H,6-9H2,1H3,(H,25,26). The summed E-state index contributed by atoms with van der Waals surface area (Å²) < 4.78 is 19.5. The van der Waals surface area contributed by atoms with E-state index in [2.05, 4.69) is 4.90 Å². The maximum Gasteiger partial charge on any atom is 0.306 e. The van der Waals surface area contributed by atoms with Gasteiger partial charge in [-0.1, -0.05) is 29.3 Å². The Balaban J connectivity index is 2.03. The number of carboxylic acids is 1. The Morgan fingerprint density at radius 2 is 1.89 bits per heavy atom. The molecule has 0 bridgehead atoms. The number of rotatable bonds is 5.